The molecule has 0 aromatic heterocycles. The second kappa shape index (κ2) is 44.8. The number of carbonyl (C=O) groups excluding carboxylic acids is 1. The van der Waals surface area contributed by atoms with E-state index < -0.39 is 19.9 Å². The molecular formula is C52H97NO7P+. The summed E-state index contributed by atoms with van der Waals surface area (Å²) in [4.78, 5) is 22.9. The smallest absolute Gasteiger partial charge is 0.457 e. The molecule has 1 N–H and O–H groups in total. The van der Waals surface area contributed by atoms with Gasteiger partial charge in [0.1, 0.15) is 19.3 Å². The number of rotatable bonds is 46. The van der Waals surface area contributed by atoms with Crippen LogP contribution in [0.25, 0.3) is 0 Å². The molecule has 0 aromatic rings. The summed E-state index contributed by atoms with van der Waals surface area (Å²) in [5.41, 5.74) is 0. The van der Waals surface area contributed by atoms with E-state index in [1.165, 1.54) is 141 Å². The summed E-state index contributed by atoms with van der Waals surface area (Å²) < 4.78 is 35.0. The summed E-state index contributed by atoms with van der Waals surface area (Å²) in [5.74, 6) is -0.392. The first kappa shape index (κ1) is 59.2. The predicted molar refractivity (Wildman–Crippen MR) is 261 cm³/mol. The minimum atomic E-state index is -4.30. The van der Waals surface area contributed by atoms with Gasteiger partial charge < -0.3 is 18.9 Å². The van der Waals surface area contributed by atoms with Crippen LogP contribution in [0.3, 0.4) is 0 Å². The zero-order valence-corrected chi connectivity index (χ0v) is 41.3. The summed E-state index contributed by atoms with van der Waals surface area (Å²) in [6.45, 7) is 5.42. The molecule has 2 unspecified atom stereocenters. The molecule has 0 rings (SSSR count). The maximum atomic E-state index is 12.7. The SMILES string of the molecule is CC/C=C\C/C=C\C/C=C\C/C=C\CCC(=O)OC(COCCCCCCCCCCCCCCCC/C=C\CCCCCCCCCC)COP(=O)(O)OCC[N+](C)(C)C. The summed E-state index contributed by atoms with van der Waals surface area (Å²) in [7, 11) is 1.62. The molecular weight excluding hydrogens is 782 g/mol. The van der Waals surface area contributed by atoms with E-state index in [2.05, 4.69) is 62.5 Å². The molecule has 8 nitrogen and oxygen atoms in total. The molecule has 0 saturated carbocycles. The number of esters is 1. The lowest BCUT2D eigenvalue weighted by molar-refractivity contribution is -0.870. The van der Waals surface area contributed by atoms with Crippen molar-refractivity contribution in [1.29, 1.82) is 0 Å². The highest BCUT2D eigenvalue weighted by Gasteiger charge is 2.26. The Morgan fingerprint density at radius 3 is 1.43 bits per heavy atom. The normalized spacial score (nSPS) is 14.1. The Kier molecular flexibility index (Phi) is 43.5. The highest BCUT2D eigenvalue weighted by Crippen LogP contribution is 2.43. The van der Waals surface area contributed by atoms with Gasteiger partial charge in [0.15, 0.2) is 0 Å². The van der Waals surface area contributed by atoms with Crippen molar-refractivity contribution in [3.63, 3.8) is 0 Å². The Bertz CT molecular complexity index is 1160. The van der Waals surface area contributed by atoms with Gasteiger partial charge in [0.25, 0.3) is 0 Å². The van der Waals surface area contributed by atoms with E-state index in [1.807, 2.05) is 33.3 Å². The van der Waals surface area contributed by atoms with Crippen molar-refractivity contribution in [3.05, 3.63) is 60.8 Å². The van der Waals surface area contributed by atoms with E-state index >= 15 is 0 Å². The van der Waals surface area contributed by atoms with Crippen LogP contribution >= 0.6 is 7.82 Å². The van der Waals surface area contributed by atoms with Crippen molar-refractivity contribution in [3.8, 4) is 0 Å². The number of allylic oxidation sites excluding steroid dienone is 10. The van der Waals surface area contributed by atoms with Crippen LogP contribution in [0.15, 0.2) is 60.8 Å². The molecule has 61 heavy (non-hydrogen) atoms. The second-order valence-corrected chi connectivity index (χ2v) is 19.3. The van der Waals surface area contributed by atoms with Crippen molar-refractivity contribution < 1.29 is 37.3 Å². The van der Waals surface area contributed by atoms with Crippen molar-refractivity contribution in [2.45, 2.75) is 213 Å². The molecule has 356 valence electrons. The number of hydrogen-bond donors (Lipinski definition) is 1. The number of carbonyl (C=O) groups is 1. The first-order valence-electron chi connectivity index (χ1n) is 25.0. The fourth-order valence-corrected chi connectivity index (χ4v) is 7.48. The van der Waals surface area contributed by atoms with Crippen LogP contribution < -0.4 is 0 Å². The highest BCUT2D eigenvalue weighted by molar-refractivity contribution is 7.47. The first-order valence-corrected chi connectivity index (χ1v) is 26.5. The quantitative estimate of drug-likeness (QED) is 0.0214. The van der Waals surface area contributed by atoms with Crippen LogP contribution in [0.1, 0.15) is 206 Å². The first-order chi connectivity index (χ1) is 29.6. The number of ether oxygens (including phenoxy) is 2. The third-order valence-corrected chi connectivity index (χ3v) is 11.6. The number of nitrogens with zero attached hydrogens (tertiary/aromatic N) is 1. The van der Waals surface area contributed by atoms with E-state index in [9.17, 15) is 14.3 Å². The van der Waals surface area contributed by atoms with Gasteiger partial charge in [-0.3, -0.25) is 13.8 Å². The van der Waals surface area contributed by atoms with Crippen LogP contribution in [-0.4, -0.2) is 75.6 Å². The maximum Gasteiger partial charge on any atom is 0.472 e. The fraction of sp³-hybridized carbons (Fsp3) is 0.788. The van der Waals surface area contributed by atoms with Gasteiger partial charge in [-0.15, -0.1) is 0 Å². The Balaban J connectivity index is 4.09. The highest BCUT2D eigenvalue weighted by atomic mass is 31.2. The number of hydrogen-bond acceptors (Lipinski definition) is 6. The monoisotopic (exact) mass is 879 g/mol. The molecule has 0 aliphatic carbocycles. The van der Waals surface area contributed by atoms with Crippen LogP contribution in [0.2, 0.25) is 0 Å². The Labute approximate surface area is 377 Å². The van der Waals surface area contributed by atoms with Gasteiger partial charge in [-0.05, 0) is 64.2 Å². The van der Waals surface area contributed by atoms with Gasteiger partial charge in [0.2, 0.25) is 0 Å². The summed E-state index contributed by atoms with van der Waals surface area (Å²) in [5, 5.41) is 0. The molecule has 0 fully saturated rings. The average molecular weight is 879 g/mol. The van der Waals surface area contributed by atoms with E-state index in [-0.39, 0.29) is 26.2 Å². The van der Waals surface area contributed by atoms with Gasteiger partial charge in [-0.25, -0.2) is 4.57 Å². The zero-order valence-electron chi connectivity index (χ0n) is 40.4. The number of unbranched alkanes of at least 4 members (excludes halogenated alkanes) is 22. The van der Waals surface area contributed by atoms with Crippen LogP contribution in [0.4, 0.5) is 0 Å². The van der Waals surface area contributed by atoms with Crippen molar-refractivity contribution >= 4 is 13.8 Å². The summed E-state index contributed by atoms with van der Waals surface area (Å²) >= 11 is 0. The average Bonchev–Trinajstić information content (AvgIpc) is 3.22. The second-order valence-electron chi connectivity index (χ2n) is 17.8. The molecule has 0 aliphatic rings. The Morgan fingerprint density at radius 2 is 0.951 bits per heavy atom. The summed E-state index contributed by atoms with van der Waals surface area (Å²) in [6.07, 6.45) is 57.3. The lowest BCUT2D eigenvalue weighted by Crippen LogP contribution is -2.37. The molecule has 0 aromatic carbocycles. The van der Waals surface area contributed by atoms with E-state index in [0.717, 1.165) is 38.5 Å². The number of phosphoric acid groups is 1. The zero-order chi connectivity index (χ0) is 44.8. The van der Waals surface area contributed by atoms with Gasteiger partial charge in [-0.2, -0.15) is 0 Å². The lowest BCUT2D eigenvalue weighted by atomic mass is 10.0. The van der Waals surface area contributed by atoms with E-state index in [1.54, 1.807) is 0 Å². The molecule has 0 radical (unpaired) electrons. The maximum absolute atomic E-state index is 12.7. The van der Waals surface area contributed by atoms with E-state index in [0.29, 0.717) is 24.1 Å². The topological polar surface area (TPSA) is 91.3 Å². The van der Waals surface area contributed by atoms with Crippen LogP contribution in [0, 0.1) is 0 Å². The molecule has 2 atom stereocenters. The summed E-state index contributed by atoms with van der Waals surface area (Å²) in [6, 6.07) is 0. The van der Waals surface area contributed by atoms with Gasteiger partial charge >= 0.3 is 13.8 Å². The number of phosphoric ester groups is 1. The van der Waals surface area contributed by atoms with Gasteiger partial charge in [0, 0.05) is 13.0 Å². The number of quaternary nitrogens is 1. The molecule has 0 bridgehead atoms. The minimum Gasteiger partial charge on any atom is -0.457 e. The lowest BCUT2D eigenvalue weighted by Gasteiger charge is -2.24. The van der Waals surface area contributed by atoms with Crippen molar-refractivity contribution in [2.75, 3.05) is 54.1 Å². The fourth-order valence-electron chi connectivity index (χ4n) is 6.74. The molecule has 0 amide bonds. The van der Waals surface area contributed by atoms with Crippen molar-refractivity contribution in [1.82, 2.24) is 0 Å². The molecule has 0 aliphatic heterocycles. The molecule has 0 spiro atoms. The number of likely N-dealkylation sites (N-methyl/N-ethyl adjacent to an activating group) is 1. The molecule has 0 saturated heterocycles. The van der Waals surface area contributed by atoms with Gasteiger partial charge in [0.05, 0.1) is 34.4 Å². The van der Waals surface area contributed by atoms with Crippen LogP contribution in [0.5, 0.6) is 0 Å². The van der Waals surface area contributed by atoms with Gasteiger partial charge in [-0.1, -0.05) is 197 Å². The largest absolute Gasteiger partial charge is 0.472 e. The third-order valence-electron chi connectivity index (χ3n) is 10.6. The minimum absolute atomic E-state index is 0.0746. The van der Waals surface area contributed by atoms with Crippen LogP contribution in [-0.2, 0) is 27.9 Å². The Hall–Kier alpha value is -1.80. The Morgan fingerprint density at radius 1 is 0.525 bits per heavy atom. The molecule has 9 heteroatoms. The van der Waals surface area contributed by atoms with E-state index in [4.69, 9.17) is 18.5 Å². The van der Waals surface area contributed by atoms with Crippen molar-refractivity contribution in [2.24, 2.45) is 0 Å². The third kappa shape index (κ3) is 49.1. The predicted octanol–water partition coefficient (Wildman–Crippen LogP) is 15.3. The molecule has 0 heterocycles. The standard InChI is InChI=1S/C52H96NO7P/c1-6-8-10-12-14-16-18-20-21-22-23-24-25-26-27-28-29-30-31-32-34-36-38-40-42-44-47-57-49-51(50-59-61(55,56)58-48-46-53(3,4)5)60-52(54)45-43-41-39-37-35-33-19-17-15-13-11-9-7-2/h9,11,15,17,22-23,33,35,39,41,51H,6-8,10,12-14,16,18-21,24-32,34,36-38,40,42-50H2,1-5H3/p+1/b11-9-,17-15-,23-22-,35-33-,41-39-.